The van der Waals surface area contributed by atoms with E-state index in [1.807, 2.05) is 37.3 Å². The number of nitrogens with zero attached hydrogens (tertiary/aromatic N) is 3. The molecule has 3 aromatic rings. The summed E-state index contributed by atoms with van der Waals surface area (Å²) in [5.41, 5.74) is 10.0. The third-order valence-electron chi connectivity index (χ3n) is 6.47. The molecule has 4 rings (SSSR count). The zero-order valence-corrected chi connectivity index (χ0v) is 19.4. The van der Waals surface area contributed by atoms with Crippen molar-refractivity contribution < 1.29 is 13.2 Å². The van der Waals surface area contributed by atoms with Gasteiger partial charge in [0.25, 0.3) is 0 Å². The fraction of sp³-hybridized carbons (Fsp3) is 0.391. The number of amides is 1. The van der Waals surface area contributed by atoms with Gasteiger partial charge < -0.3 is 5.73 Å². The Labute approximate surface area is 187 Å². The van der Waals surface area contributed by atoms with Crippen LogP contribution in [-0.2, 0) is 17.1 Å². The number of rotatable bonds is 5. The van der Waals surface area contributed by atoms with E-state index in [4.69, 9.17) is 5.73 Å². The maximum Gasteiger partial charge on any atom is 0.329 e. The maximum atomic E-state index is 13.1. The number of nitrogens with two attached hydrogens (primary N) is 1. The van der Waals surface area contributed by atoms with Crippen LogP contribution in [0.3, 0.4) is 0 Å². The number of sulfonamides is 1. The largest absolute Gasteiger partial charge is 0.366 e. The molecular weight excluding hydrogens is 428 g/mol. The summed E-state index contributed by atoms with van der Waals surface area (Å²) in [5.74, 6) is -0.383. The number of hydrogen-bond acceptors (Lipinski definition) is 4. The Morgan fingerprint density at radius 2 is 1.69 bits per heavy atom. The smallest absolute Gasteiger partial charge is 0.329 e. The van der Waals surface area contributed by atoms with E-state index in [2.05, 4.69) is 0 Å². The van der Waals surface area contributed by atoms with Crippen molar-refractivity contribution in [2.45, 2.75) is 32.7 Å². The molecule has 2 N–H and O–H groups in total. The van der Waals surface area contributed by atoms with Gasteiger partial charge in [0.15, 0.2) is 0 Å². The lowest BCUT2D eigenvalue weighted by Crippen LogP contribution is -2.41. The molecule has 0 saturated carbocycles. The average molecular weight is 457 g/mol. The fourth-order valence-corrected chi connectivity index (χ4v) is 5.66. The Balaban J connectivity index is 1.71. The minimum Gasteiger partial charge on any atom is -0.366 e. The molecular formula is C23H28N4O4S. The molecule has 1 amide bonds. The number of aromatic nitrogens is 2. The monoisotopic (exact) mass is 456 g/mol. The molecule has 8 nitrogen and oxygen atoms in total. The molecule has 1 saturated heterocycles. The molecule has 170 valence electrons. The second-order valence-electron chi connectivity index (χ2n) is 8.34. The highest BCUT2D eigenvalue weighted by molar-refractivity contribution is 7.89. The molecule has 0 bridgehead atoms. The molecule has 1 aromatic heterocycles. The van der Waals surface area contributed by atoms with Crippen LogP contribution in [0.25, 0.3) is 22.2 Å². The van der Waals surface area contributed by atoms with Crippen molar-refractivity contribution in [2.75, 3.05) is 18.8 Å². The zero-order valence-electron chi connectivity index (χ0n) is 18.5. The SMILES string of the molecule is CCS(=O)(=O)N1CCC(n2c(=O)n(C)c3cc(-c4ccc(C)c(C(N)=O)c4)ccc32)CC1. The van der Waals surface area contributed by atoms with Crippen molar-refractivity contribution in [1.29, 1.82) is 0 Å². The Morgan fingerprint density at radius 1 is 1.06 bits per heavy atom. The molecule has 0 spiro atoms. The lowest BCUT2D eigenvalue weighted by atomic mass is 9.99. The van der Waals surface area contributed by atoms with Crippen molar-refractivity contribution in [2.24, 2.45) is 12.8 Å². The van der Waals surface area contributed by atoms with E-state index in [0.29, 0.717) is 31.5 Å². The van der Waals surface area contributed by atoms with Gasteiger partial charge in [0.2, 0.25) is 15.9 Å². The van der Waals surface area contributed by atoms with Crippen molar-refractivity contribution >= 4 is 27.0 Å². The van der Waals surface area contributed by atoms with Crippen molar-refractivity contribution in [3.63, 3.8) is 0 Å². The second kappa shape index (κ2) is 8.22. The molecule has 1 aliphatic rings. The van der Waals surface area contributed by atoms with Gasteiger partial charge in [-0.05, 0) is 61.6 Å². The van der Waals surface area contributed by atoms with Crippen LogP contribution >= 0.6 is 0 Å². The number of primary amides is 1. The van der Waals surface area contributed by atoms with Crippen molar-refractivity contribution in [1.82, 2.24) is 13.4 Å². The van der Waals surface area contributed by atoms with E-state index >= 15 is 0 Å². The van der Waals surface area contributed by atoms with Crippen LogP contribution in [0.15, 0.2) is 41.2 Å². The number of carbonyl (C=O) groups excluding carboxylic acids is 1. The van der Waals surface area contributed by atoms with Crippen LogP contribution in [0, 0.1) is 6.92 Å². The van der Waals surface area contributed by atoms with Crippen molar-refractivity contribution in [3.8, 4) is 11.1 Å². The van der Waals surface area contributed by atoms with Crippen LogP contribution in [0.2, 0.25) is 0 Å². The quantitative estimate of drug-likeness (QED) is 0.636. The van der Waals surface area contributed by atoms with Gasteiger partial charge >= 0.3 is 5.69 Å². The molecule has 0 unspecified atom stereocenters. The van der Waals surface area contributed by atoms with Gasteiger partial charge in [0.1, 0.15) is 0 Å². The number of piperidine rings is 1. The van der Waals surface area contributed by atoms with Crippen LogP contribution in [0.1, 0.15) is 41.7 Å². The van der Waals surface area contributed by atoms with Gasteiger partial charge in [0, 0.05) is 31.7 Å². The van der Waals surface area contributed by atoms with Crippen molar-refractivity contribution in [3.05, 3.63) is 58.0 Å². The summed E-state index contributed by atoms with van der Waals surface area (Å²) < 4.78 is 29.3. The molecule has 2 aromatic carbocycles. The van der Waals surface area contributed by atoms with E-state index in [1.54, 1.807) is 29.2 Å². The number of benzene rings is 2. The second-order valence-corrected chi connectivity index (χ2v) is 10.6. The van der Waals surface area contributed by atoms with E-state index in [9.17, 15) is 18.0 Å². The fourth-order valence-electron chi connectivity index (χ4n) is 4.52. The number of aryl methyl sites for hydroxylation is 2. The zero-order chi connectivity index (χ0) is 23.2. The molecule has 32 heavy (non-hydrogen) atoms. The molecule has 2 heterocycles. The Kier molecular flexibility index (Phi) is 5.72. The predicted molar refractivity (Wildman–Crippen MR) is 125 cm³/mol. The summed E-state index contributed by atoms with van der Waals surface area (Å²) >= 11 is 0. The highest BCUT2D eigenvalue weighted by Crippen LogP contribution is 2.30. The van der Waals surface area contributed by atoms with Crippen LogP contribution < -0.4 is 11.4 Å². The van der Waals surface area contributed by atoms with E-state index in [-0.39, 0.29) is 17.5 Å². The van der Waals surface area contributed by atoms with E-state index < -0.39 is 15.9 Å². The highest BCUT2D eigenvalue weighted by Gasteiger charge is 2.29. The van der Waals surface area contributed by atoms with Gasteiger partial charge in [-0.25, -0.2) is 17.5 Å². The molecule has 0 radical (unpaired) electrons. The summed E-state index contributed by atoms with van der Waals surface area (Å²) in [6.45, 7) is 4.32. The van der Waals surface area contributed by atoms with Crippen LogP contribution in [-0.4, -0.2) is 46.6 Å². The number of fused-ring (bicyclic) bond motifs is 1. The molecule has 1 fully saturated rings. The highest BCUT2D eigenvalue weighted by atomic mass is 32.2. The number of hydrogen-bond donors (Lipinski definition) is 1. The topological polar surface area (TPSA) is 107 Å². The Bertz CT molecular complexity index is 1360. The first-order valence-electron chi connectivity index (χ1n) is 10.7. The first kappa shape index (κ1) is 22.3. The van der Waals surface area contributed by atoms with Gasteiger partial charge in [-0.1, -0.05) is 18.2 Å². The normalized spacial score (nSPS) is 16.0. The predicted octanol–water partition coefficient (Wildman–Crippen LogP) is 2.40. The van der Waals surface area contributed by atoms with E-state index in [0.717, 1.165) is 27.7 Å². The summed E-state index contributed by atoms with van der Waals surface area (Å²) in [6, 6.07) is 11.3. The van der Waals surface area contributed by atoms with Gasteiger partial charge in [-0.3, -0.25) is 13.9 Å². The average Bonchev–Trinajstić information content (AvgIpc) is 3.03. The number of imidazole rings is 1. The van der Waals surface area contributed by atoms with Crippen LogP contribution in [0.4, 0.5) is 0 Å². The number of carbonyl (C=O) groups is 1. The Hall–Kier alpha value is -2.91. The maximum absolute atomic E-state index is 13.1. The summed E-state index contributed by atoms with van der Waals surface area (Å²) in [4.78, 5) is 24.8. The molecule has 1 aliphatic heterocycles. The molecule has 9 heteroatoms. The minimum absolute atomic E-state index is 0.0544. The van der Waals surface area contributed by atoms with E-state index in [1.165, 1.54) is 4.31 Å². The summed E-state index contributed by atoms with van der Waals surface area (Å²) in [6.07, 6.45) is 1.19. The third kappa shape index (κ3) is 3.75. The van der Waals surface area contributed by atoms with Gasteiger partial charge in [-0.2, -0.15) is 0 Å². The minimum atomic E-state index is -3.22. The van der Waals surface area contributed by atoms with Gasteiger partial charge in [-0.15, -0.1) is 0 Å². The lowest BCUT2D eigenvalue weighted by molar-refractivity contribution is 0.0999. The standard InChI is InChI=1S/C23H28N4O4S/c1-4-32(30,31)26-11-9-18(10-12-26)27-20-8-7-17(14-21(20)25(3)23(27)29)16-6-5-15(2)19(13-16)22(24)28/h5-8,13-14,18H,4,9-12H2,1-3H3,(H2,24,28). The summed E-state index contributed by atoms with van der Waals surface area (Å²) in [5, 5.41) is 0. The summed E-state index contributed by atoms with van der Waals surface area (Å²) in [7, 11) is -1.47. The first-order chi connectivity index (χ1) is 15.1. The first-order valence-corrected chi connectivity index (χ1v) is 12.3. The Morgan fingerprint density at radius 3 is 2.31 bits per heavy atom. The molecule has 0 aliphatic carbocycles. The molecule has 0 atom stereocenters. The van der Waals surface area contributed by atoms with Crippen LogP contribution in [0.5, 0.6) is 0 Å². The van der Waals surface area contributed by atoms with Gasteiger partial charge in [0.05, 0.1) is 16.8 Å². The lowest BCUT2D eigenvalue weighted by Gasteiger charge is -2.31. The third-order valence-corrected chi connectivity index (χ3v) is 8.35.